The molecule has 0 bridgehead atoms. The van der Waals surface area contributed by atoms with E-state index in [-0.39, 0.29) is 5.91 Å². The highest BCUT2D eigenvalue weighted by Crippen LogP contribution is 2.01. The van der Waals surface area contributed by atoms with E-state index in [0.29, 0.717) is 18.9 Å². The van der Waals surface area contributed by atoms with Gasteiger partial charge in [-0.15, -0.1) is 0 Å². The van der Waals surface area contributed by atoms with Gasteiger partial charge in [0.2, 0.25) is 11.8 Å². The summed E-state index contributed by atoms with van der Waals surface area (Å²) in [6.07, 6.45) is 3.20. The van der Waals surface area contributed by atoms with Crippen LogP contribution in [0.1, 0.15) is 31.4 Å². The van der Waals surface area contributed by atoms with Crippen molar-refractivity contribution in [3.05, 3.63) is 17.8 Å². The van der Waals surface area contributed by atoms with E-state index in [0.717, 1.165) is 12.2 Å². The number of aryl methyl sites for hydroxylation is 1. The number of rotatable bonds is 5. The summed E-state index contributed by atoms with van der Waals surface area (Å²) in [6.45, 7) is 4.09. The number of carbonyl (C=O) groups excluding carboxylic acids is 1. The van der Waals surface area contributed by atoms with Gasteiger partial charge in [-0.1, -0.05) is 13.3 Å². The van der Waals surface area contributed by atoms with Gasteiger partial charge < -0.3 is 15.5 Å². The van der Waals surface area contributed by atoms with Gasteiger partial charge in [0.1, 0.15) is 5.76 Å². The summed E-state index contributed by atoms with van der Waals surface area (Å²) in [5.41, 5.74) is 5.63. The Bertz CT molecular complexity index is 322. The first-order valence-electron chi connectivity index (χ1n) is 5.08. The molecule has 1 rings (SSSR count). The van der Waals surface area contributed by atoms with Crippen molar-refractivity contribution in [1.29, 1.82) is 0 Å². The zero-order valence-corrected chi connectivity index (χ0v) is 9.12. The van der Waals surface area contributed by atoms with E-state index in [1.807, 2.05) is 6.92 Å². The smallest absolute Gasteiger partial charge is 0.237 e. The molecule has 84 valence electrons. The zero-order valence-electron chi connectivity index (χ0n) is 9.12. The largest absolute Gasteiger partial charge is 0.444 e. The van der Waals surface area contributed by atoms with E-state index in [9.17, 15) is 4.79 Å². The van der Waals surface area contributed by atoms with Crippen molar-refractivity contribution in [1.82, 2.24) is 10.3 Å². The van der Waals surface area contributed by atoms with Crippen LogP contribution in [0.5, 0.6) is 0 Å². The summed E-state index contributed by atoms with van der Waals surface area (Å²) >= 11 is 0. The van der Waals surface area contributed by atoms with Crippen LogP contribution < -0.4 is 11.1 Å². The lowest BCUT2D eigenvalue weighted by Crippen LogP contribution is -2.40. The minimum atomic E-state index is -0.439. The maximum Gasteiger partial charge on any atom is 0.237 e. The van der Waals surface area contributed by atoms with Crippen LogP contribution in [0.25, 0.3) is 0 Å². The lowest BCUT2D eigenvalue weighted by molar-refractivity contribution is -0.122. The van der Waals surface area contributed by atoms with Gasteiger partial charge >= 0.3 is 0 Å². The molecule has 1 heterocycles. The molecule has 5 nitrogen and oxygen atoms in total. The average Bonchev–Trinajstić information content (AvgIpc) is 2.61. The third kappa shape index (κ3) is 3.71. The number of hydrogen-bond acceptors (Lipinski definition) is 4. The van der Waals surface area contributed by atoms with Gasteiger partial charge in [-0.2, -0.15) is 0 Å². The first-order chi connectivity index (χ1) is 7.13. The summed E-state index contributed by atoms with van der Waals surface area (Å²) in [7, 11) is 0. The molecule has 0 saturated heterocycles. The number of amides is 1. The number of oxazole rings is 1. The predicted molar refractivity (Wildman–Crippen MR) is 56.0 cm³/mol. The van der Waals surface area contributed by atoms with Gasteiger partial charge in [0, 0.05) is 0 Å². The van der Waals surface area contributed by atoms with Crippen LogP contribution in [0.15, 0.2) is 10.6 Å². The molecule has 0 aliphatic carbocycles. The second-order valence-electron chi connectivity index (χ2n) is 3.48. The number of carbonyl (C=O) groups is 1. The average molecular weight is 211 g/mol. The Morgan fingerprint density at radius 3 is 3.00 bits per heavy atom. The highest BCUT2D eigenvalue weighted by atomic mass is 16.4. The van der Waals surface area contributed by atoms with E-state index in [1.165, 1.54) is 0 Å². The van der Waals surface area contributed by atoms with Crippen LogP contribution in [0.2, 0.25) is 0 Å². The fourth-order valence-corrected chi connectivity index (χ4v) is 1.22. The molecule has 0 unspecified atom stereocenters. The van der Waals surface area contributed by atoms with Crippen molar-refractivity contribution in [3.63, 3.8) is 0 Å². The number of hydrogen-bond donors (Lipinski definition) is 2. The van der Waals surface area contributed by atoms with Crippen LogP contribution >= 0.6 is 0 Å². The van der Waals surface area contributed by atoms with Crippen molar-refractivity contribution in [3.8, 4) is 0 Å². The third-order valence-corrected chi connectivity index (χ3v) is 2.02. The van der Waals surface area contributed by atoms with Crippen LogP contribution in [-0.4, -0.2) is 16.9 Å². The van der Waals surface area contributed by atoms with Crippen molar-refractivity contribution >= 4 is 5.91 Å². The highest BCUT2D eigenvalue weighted by Gasteiger charge is 2.12. The molecular weight excluding hydrogens is 194 g/mol. The lowest BCUT2D eigenvalue weighted by atomic mass is 10.2. The molecule has 0 aliphatic rings. The number of nitrogens with one attached hydrogen (secondary N) is 1. The van der Waals surface area contributed by atoms with Crippen molar-refractivity contribution in [2.24, 2.45) is 5.73 Å². The van der Waals surface area contributed by atoms with Gasteiger partial charge in [-0.3, -0.25) is 4.79 Å². The van der Waals surface area contributed by atoms with E-state index >= 15 is 0 Å². The molecule has 0 radical (unpaired) electrons. The van der Waals surface area contributed by atoms with Crippen LogP contribution in [0, 0.1) is 6.92 Å². The van der Waals surface area contributed by atoms with Crippen LogP contribution in [0.4, 0.5) is 0 Å². The minimum Gasteiger partial charge on any atom is -0.444 e. The molecule has 0 fully saturated rings. The molecule has 15 heavy (non-hydrogen) atoms. The second kappa shape index (κ2) is 5.50. The second-order valence-corrected chi connectivity index (χ2v) is 3.48. The third-order valence-electron chi connectivity index (χ3n) is 2.02. The molecule has 1 aromatic rings. The minimum absolute atomic E-state index is 0.160. The van der Waals surface area contributed by atoms with E-state index in [2.05, 4.69) is 10.3 Å². The van der Waals surface area contributed by atoms with Gasteiger partial charge in [0.05, 0.1) is 18.8 Å². The molecule has 0 aliphatic heterocycles. The Labute approximate surface area is 89.1 Å². The molecule has 5 heteroatoms. The normalized spacial score (nSPS) is 12.5. The Morgan fingerprint density at radius 2 is 2.47 bits per heavy atom. The summed E-state index contributed by atoms with van der Waals surface area (Å²) < 4.78 is 5.21. The Balaban J connectivity index is 2.34. The summed E-state index contributed by atoms with van der Waals surface area (Å²) in [5.74, 6) is 1.08. The summed E-state index contributed by atoms with van der Waals surface area (Å²) in [6, 6.07) is -0.439. The van der Waals surface area contributed by atoms with Crippen molar-refractivity contribution < 1.29 is 9.21 Å². The fraction of sp³-hybridized carbons (Fsp3) is 0.600. The maximum absolute atomic E-state index is 11.4. The van der Waals surface area contributed by atoms with Crippen molar-refractivity contribution in [2.45, 2.75) is 39.3 Å². The first-order valence-corrected chi connectivity index (χ1v) is 5.08. The first kappa shape index (κ1) is 11.7. The fourth-order valence-electron chi connectivity index (χ4n) is 1.22. The Morgan fingerprint density at radius 1 is 1.73 bits per heavy atom. The quantitative estimate of drug-likeness (QED) is 0.752. The maximum atomic E-state index is 11.4. The van der Waals surface area contributed by atoms with Gasteiger partial charge in [0.15, 0.2) is 0 Å². The van der Waals surface area contributed by atoms with Crippen LogP contribution in [0.3, 0.4) is 0 Å². The molecule has 1 amide bonds. The molecular formula is C10H17N3O2. The molecule has 3 N–H and O–H groups in total. The van der Waals surface area contributed by atoms with Crippen LogP contribution in [-0.2, 0) is 11.3 Å². The molecule has 0 saturated carbocycles. The summed E-state index contributed by atoms with van der Waals surface area (Å²) in [5, 5.41) is 2.68. The standard InChI is InChI=1S/C10H17N3O2/c1-3-4-8(11)10(14)13-6-9-12-5-7(2)15-9/h5,8H,3-4,6,11H2,1-2H3,(H,13,14)/t8-/m1/s1. The van der Waals surface area contributed by atoms with Gasteiger partial charge in [-0.05, 0) is 13.3 Å². The monoisotopic (exact) mass is 211 g/mol. The molecule has 1 aromatic heterocycles. The Kier molecular flexibility index (Phi) is 4.30. The number of nitrogens with zero attached hydrogens (tertiary/aromatic N) is 1. The SMILES string of the molecule is CCC[C@@H](N)C(=O)NCc1ncc(C)o1. The Hall–Kier alpha value is -1.36. The number of nitrogens with two attached hydrogens (primary N) is 1. The van der Waals surface area contributed by atoms with Gasteiger partial charge in [0.25, 0.3) is 0 Å². The van der Waals surface area contributed by atoms with E-state index in [1.54, 1.807) is 13.1 Å². The summed E-state index contributed by atoms with van der Waals surface area (Å²) in [4.78, 5) is 15.4. The highest BCUT2D eigenvalue weighted by molar-refractivity contribution is 5.81. The molecule has 1 atom stereocenters. The topological polar surface area (TPSA) is 81.2 Å². The van der Waals surface area contributed by atoms with E-state index in [4.69, 9.17) is 10.2 Å². The molecule has 0 spiro atoms. The zero-order chi connectivity index (χ0) is 11.3. The van der Waals surface area contributed by atoms with E-state index < -0.39 is 6.04 Å². The lowest BCUT2D eigenvalue weighted by Gasteiger charge is -2.09. The number of aromatic nitrogens is 1. The van der Waals surface area contributed by atoms with Crippen molar-refractivity contribution in [2.75, 3.05) is 0 Å². The molecule has 0 aromatic carbocycles. The predicted octanol–water partition coefficient (Wildman–Crippen LogP) is 0.727. The van der Waals surface area contributed by atoms with Gasteiger partial charge in [-0.25, -0.2) is 4.98 Å².